The van der Waals surface area contributed by atoms with Crippen molar-refractivity contribution in [2.24, 2.45) is 5.92 Å². The Balaban J connectivity index is 2.01. The molecule has 1 aliphatic heterocycles. The standard InChI is InChI=1S/C19H28N2O4/c1-5-6-14(2)18(22)20-7-9-21(10-8-20)19(23)15-11-16(24-3)13-17(12-15)25-4/h11-14H,5-10H2,1-4H3. The van der Waals surface area contributed by atoms with E-state index in [0.29, 0.717) is 43.2 Å². The van der Waals surface area contributed by atoms with E-state index in [9.17, 15) is 9.59 Å². The number of hydrogen-bond donors (Lipinski definition) is 0. The van der Waals surface area contributed by atoms with Gasteiger partial charge in [0, 0.05) is 43.7 Å². The van der Waals surface area contributed by atoms with Gasteiger partial charge in [0.2, 0.25) is 5.91 Å². The second kappa shape index (κ2) is 8.74. The molecule has 1 saturated heterocycles. The summed E-state index contributed by atoms with van der Waals surface area (Å²) in [5.74, 6) is 1.35. The lowest BCUT2D eigenvalue weighted by Crippen LogP contribution is -2.51. The van der Waals surface area contributed by atoms with Gasteiger partial charge in [0.25, 0.3) is 5.91 Å². The van der Waals surface area contributed by atoms with Gasteiger partial charge in [0.15, 0.2) is 0 Å². The Bertz CT molecular complexity index is 587. The molecule has 1 fully saturated rings. The Hall–Kier alpha value is -2.24. The van der Waals surface area contributed by atoms with E-state index >= 15 is 0 Å². The van der Waals surface area contributed by atoms with E-state index < -0.39 is 0 Å². The topological polar surface area (TPSA) is 59.1 Å². The smallest absolute Gasteiger partial charge is 0.254 e. The van der Waals surface area contributed by atoms with E-state index in [4.69, 9.17) is 9.47 Å². The number of nitrogens with zero attached hydrogens (tertiary/aromatic N) is 2. The fourth-order valence-corrected chi connectivity index (χ4v) is 3.11. The molecule has 0 spiro atoms. The van der Waals surface area contributed by atoms with Gasteiger partial charge >= 0.3 is 0 Å². The van der Waals surface area contributed by atoms with Crippen molar-refractivity contribution < 1.29 is 19.1 Å². The van der Waals surface area contributed by atoms with Crippen molar-refractivity contribution in [3.8, 4) is 11.5 Å². The lowest BCUT2D eigenvalue weighted by molar-refractivity contribution is -0.136. The first-order chi connectivity index (χ1) is 12.0. The second-order valence-corrected chi connectivity index (χ2v) is 6.41. The molecule has 0 saturated carbocycles. The SMILES string of the molecule is CCCC(C)C(=O)N1CCN(C(=O)c2cc(OC)cc(OC)c2)CC1. The number of benzene rings is 1. The highest BCUT2D eigenvalue weighted by Crippen LogP contribution is 2.24. The summed E-state index contributed by atoms with van der Waals surface area (Å²) in [6, 6.07) is 5.17. The minimum Gasteiger partial charge on any atom is -0.497 e. The molecule has 0 N–H and O–H groups in total. The Kier molecular flexibility index (Phi) is 6.67. The first-order valence-electron chi connectivity index (χ1n) is 8.81. The molecule has 6 nitrogen and oxygen atoms in total. The summed E-state index contributed by atoms with van der Waals surface area (Å²) in [5, 5.41) is 0. The Morgan fingerprint density at radius 3 is 2.00 bits per heavy atom. The van der Waals surface area contributed by atoms with Crippen LogP contribution in [0.5, 0.6) is 11.5 Å². The maximum absolute atomic E-state index is 12.8. The van der Waals surface area contributed by atoms with Crippen molar-refractivity contribution in [2.45, 2.75) is 26.7 Å². The van der Waals surface area contributed by atoms with Crippen LogP contribution in [0.1, 0.15) is 37.0 Å². The molecule has 138 valence electrons. The fourth-order valence-electron chi connectivity index (χ4n) is 3.11. The number of hydrogen-bond acceptors (Lipinski definition) is 4. The summed E-state index contributed by atoms with van der Waals surface area (Å²) < 4.78 is 10.5. The number of piperazine rings is 1. The van der Waals surface area contributed by atoms with Crippen molar-refractivity contribution in [3.05, 3.63) is 23.8 Å². The van der Waals surface area contributed by atoms with Gasteiger partial charge in [-0.05, 0) is 18.6 Å². The highest BCUT2D eigenvalue weighted by molar-refractivity contribution is 5.95. The molecule has 1 heterocycles. The summed E-state index contributed by atoms with van der Waals surface area (Å²) >= 11 is 0. The molecule has 1 unspecified atom stereocenters. The summed E-state index contributed by atoms with van der Waals surface area (Å²) in [6.45, 7) is 6.32. The molecule has 1 aromatic carbocycles. The lowest BCUT2D eigenvalue weighted by atomic mass is 10.0. The van der Waals surface area contributed by atoms with Crippen molar-refractivity contribution in [1.29, 1.82) is 0 Å². The molecule has 0 aliphatic carbocycles. The predicted octanol–water partition coefficient (Wildman–Crippen LogP) is 2.42. The average molecular weight is 348 g/mol. The minimum atomic E-state index is -0.0640. The highest BCUT2D eigenvalue weighted by atomic mass is 16.5. The van der Waals surface area contributed by atoms with Gasteiger partial charge < -0.3 is 19.3 Å². The molecular weight excluding hydrogens is 320 g/mol. The van der Waals surface area contributed by atoms with Crippen LogP contribution in [0.4, 0.5) is 0 Å². The Morgan fingerprint density at radius 1 is 1.00 bits per heavy atom. The van der Waals surface area contributed by atoms with E-state index in [1.54, 1.807) is 37.3 Å². The number of ether oxygens (including phenoxy) is 2. The van der Waals surface area contributed by atoms with Crippen LogP contribution in [0.15, 0.2) is 18.2 Å². The molecule has 0 aromatic heterocycles. The van der Waals surface area contributed by atoms with E-state index in [0.717, 1.165) is 12.8 Å². The Labute approximate surface area is 149 Å². The normalized spacial score (nSPS) is 15.7. The molecule has 1 aliphatic rings. The van der Waals surface area contributed by atoms with Crippen LogP contribution >= 0.6 is 0 Å². The van der Waals surface area contributed by atoms with Crippen LogP contribution in [0.2, 0.25) is 0 Å². The zero-order chi connectivity index (χ0) is 18.4. The van der Waals surface area contributed by atoms with Gasteiger partial charge in [-0.1, -0.05) is 20.3 Å². The van der Waals surface area contributed by atoms with Crippen LogP contribution in [-0.4, -0.2) is 62.0 Å². The molecule has 2 amide bonds. The minimum absolute atomic E-state index is 0.0508. The van der Waals surface area contributed by atoms with E-state index in [2.05, 4.69) is 6.92 Å². The van der Waals surface area contributed by atoms with E-state index in [-0.39, 0.29) is 17.7 Å². The number of amides is 2. The maximum Gasteiger partial charge on any atom is 0.254 e. The number of carbonyl (C=O) groups is 2. The summed E-state index contributed by atoms with van der Waals surface area (Å²) in [4.78, 5) is 28.8. The van der Waals surface area contributed by atoms with Crippen molar-refractivity contribution >= 4 is 11.8 Å². The average Bonchev–Trinajstić information content (AvgIpc) is 2.66. The number of rotatable bonds is 6. The molecule has 0 bridgehead atoms. The molecule has 0 radical (unpaired) electrons. The lowest BCUT2D eigenvalue weighted by Gasteiger charge is -2.36. The fraction of sp³-hybridized carbons (Fsp3) is 0.579. The first kappa shape index (κ1) is 19.1. The summed E-state index contributed by atoms with van der Waals surface area (Å²) in [5.41, 5.74) is 0.537. The molecule has 6 heteroatoms. The zero-order valence-corrected chi connectivity index (χ0v) is 15.6. The van der Waals surface area contributed by atoms with Gasteiger partial charge in [0.1, 0.15) is 11.5 Å². The van der Waals surface area contributed by atoms with Crippen LogP contribution in [-0.2, 0) is 4.79 Å². The van der Waals surface area contributed by atoms with Crippen LogP contribution in [0, 0.1) is 5.92 Å². The van der Waals surface area contributed by atoms with Crippen LogP contribution in [0.25, 0.3) is 0 Å². The highest BCUT2D eigenvalue weighted by Gasteiger charge is 2.27. The number of methoxy groups -OCH3 is 2. The first-order valence-corrected chi connectivity index (χ1v) is 8.81. The third-order valence-electron chi connectivity index (χ3n) is 4.62. The van der Waals surface area contributed by atoms with Gasteiger partial charge in [-0.15, -0.1) is 0 Å². The molecule has 1 atom stereocenters. The molecule has 1 aromatic rings. The van der Waals surface area contributed by atoms with E-state index in [1.165, 1.54) is 0 Å². The van der Waals surface area contributed by atoms with Gasteiger partial charge in [-0.2, -0.15) is 0 Å². The quantitative estimate of drug-likeness (QED) is 0.792. The largest absolute Gasteiger partial charge is 0.497 e. The van der Waals surface area contributed by atoms with Crippen molar-refractivity contribution in [2.75, 3.05) is 40.4 Å². The number of carbonyl (C=O) groups excluding carboxylic acids is 2. The zero-order valence-electron chi connectivity index (χ0n) is 15.6. The van der Waals surface area contributed by atoms with Gasteiger partial charge in [-0.3, -0.25) is 9.59 Å². The second-order valence-electron chi connectivity index (χ2n) is 6.41. The predicted molar refractivity (Wildman–Crippen MR) is 96.1 cm³/mol. The summed E-state index contributed by atoms with van der Waals surface area (Å²) in [7, 11) is 3.12. The molecule has 25 heavy (non-hydrogen) atoms. The monoisotopic (exact) mass is 348 g/mol. The summed E-state index contributed by atoms with van der Waals surface area (Å²) in [6.07, 6.45) is 1.91. The van der Waals surface area contributed by atoms with Gasteiger partial charge in [0.05, 0.1) is 14.2 Å². The maximum atomic E-state index is 12.8. The van der Waals surface area contributed by atoms with E-state index in [1.807, 2.05) is 11.8 Å². The van der Waals surface area contributed by atoms with Crippen molar-refractivity contribution in [3.63, 3.8) is 0 Å². The molecule has 2 rings (SSSR count). The van der Waals surface area contributed by atoms with Gasteiger partial charge in [-0.25, -0.2) is 0 Å². The van der Waals surface area contributed by atoms with Crippen molar-refractivity contribution in [1.82, 2.24) is 9.80 Å². The van der Waals surface area contributed by atoms with Crippen LogP contribution in [0.3, 0.4) is 0 Å². The van der Waals surface area contributed by atoms with Crippen LogP contribution < -0.4 is 9.47 Å². The third kappa shape index (κ3) is 4.65. The molecular formula is C19H28N2O4. The third-order valence-corrected chi connectivity index (χ3v) is 4.62. The Morgan fingerprint density at radius 2 is 1.52 bits per heavy atom.